The zero-order chi connectivity index (χ0) is 24.2. The molecule has 2 aromatic heterocycles. The van der Waals surface area contributed by atoms with Crippen molar-refractivity contribution in [3.05, 3.63) is 52.2 Å². The van der Waals surface area contributed by atoms with E-state index in [2.05, 4.69) is 24.1 Å². The lowest BCUT2D eigenvalue weighted by Gasteiger charge is -2.29. The van der Waals surface area contributed by atoms with Crippen LogP contribution < -0.4 is 5.32 Å². The summed E-state index contributed by atoms with van der Waals surface area (Å²) in [5, 5.41) is 6.70. The Morgan fingerprint density at radius 1 is 1.24 bits per heavy atom. The Kier molecular flexibility index (Phi) is 7.79. The highest BCUT2D eigenvalue weighted by molar-refractivity contribution is 7.09. The third kappa shape index (κ3) is 7.32. The number of benzene rings is 1. The first kappa shape index (κ1) is 24.8. The fraction of sp³-hybridized carbons (Fsp3) is 0.480. The number of hydrogen-bond acceptors (Lipinski definition) is 6. The van der Waals surface area contributed by atoms with Crippen LogP contribution in [0.4, 0.5) is 4.79 Å². The van der Waals surface area contributed by atoms with Gasteiger partial charge in [-0.3, -0.25) is 4.79 Å². The first-order valence-electron chi connectivity index (χ1n) is 11.2. The number of furan rings is 1. The molecule has 2 amide bonds. The van der Waals surface area contributed by atoms with Crippen molar-refractivity contribution in [3.8, 4) is 0 Å². The molecule has 0 radical (unpaired) electrons. The Morgan fingerprint density at radius 2 is 2.00 bits per heavy atom. The molecule has 3 rings (SSSR count). The third-order valence-corrected chi connectivity index (χ3v) is 5.68. The second-order valence-electron chi connectivity index (χ2n) is 9.67. The van der Waals surface area contributed by atoms with Crippen molar-refractivity contribution in [1.29, 1.82) is 0 Å². The number of ether oxygens (including phenoxy) is 1. The minimum Gasteiger partial charge on any atom is -0.464 e. The molecule has 0 aliphatic heterocycles. The third-order valence-electron chi connectivity index (χ3n) is 4.86. The van der Waals surface area contributed by atoms with Crippen molar-refractivity contribution in [3.63, 3.8) is 0 Å². The molecule has 0 spiro atoms. The van der Waals surface area contributed by atoms with E-state index in [0.717, 1.165) is 27.2 Å². The van der Waals surface area contributed by atoms with Gasteiger partial charge in [-0.1, -0.05) is 19.9 Å². The van der Waals surface area contributed by atoms with Gasteiger partial charge < -0.3 is 19.4 Å². The van der Waals surface area contributed by atoms with Gasteiger partial charge in [0.05, 0.1) is 23.5 Å². The molecule has 2 heterocycles. The van der Waals surface area contributed by atoms with Crippen molar-refractivity contribution in [2.75, 3.05) is 6.54 Å². The summed E-state index contributed by atoms with van der Waals surface area (Å²) in [6.07, 6.45) is 1.36. The molecule has 1 N–H and O–H groups in total. The fourth-order valence-corrected chi connectivity index (χ4v) is 4.20. The molecule has 0 fully saturated rings. The molecule has 178 valence electrons. The first-order chi connectivity index (χ1) is 15.5. The molecule has 7 nitrogen and oxygen atoms in total. The Morgan fingerprint density at radius 3 is 2.64 bits per heavy atom. The summed E-state index contributed by atoms with van der Waals surface area (Å²) < 4.78 is 10.9. The normalized spacial score (nSPS) is 12.7. The van der Waals surface area contributed by atoms with Crippen LogP contribution in [-0.2, 0) is 22.5 Å². The molecule has 0 saturated heterocycles. The Bertz CT molecular complexity index is 1100. The van der Waals surface area contributed by atoms with Crippen LogP contribution in [0.5, 0.6) is 0 Å². The second kappa shape index (κ2) is 10.4. The second-order valence-corrected chi connectivity index (χ2v) is 10.7. The Balaban J connectivity index is 1.86. The molecule has 0 aliphatic rings. The predicted octanol–water partition coefficient (Wildman–Crippen LogP) is 5.32. The number of carbonyl (C=O) groups is 2. The largest absolute Gasteiger partial charge is 0.464 e. The summed E-state index contributed by atoms with van der Waals surface area (Å²) in [4.78, 5) is 32.6. The number of amides is 2. The van der Waals surface area contributed by atoms with Crippen LogP contribution in [0.1, 0.15) is 50.9 Å². The standard InChI is InChI=1S/C25H33N3O4S/c1-16(2)13-28(14-20-15-33-17(3)26-20)23(29)21(27-24(30)32-25(4,5)6)12-18-7-8-22-19(11-18)9-10-31-22/h7-11,15-16,21H,12-14H2,1-6H3,(H,27,30)/t21-/m1/s1. The molecule has 0 aliphatic carbocycles. The van der Waals surface area contributed by atoms with Crippen molar-refractivity contribution < 1.29 is 18.7 Å². The maximum absolute atomic E-state index is 13.7. The van der Waals surface area contributed by atoms with Crippen LogP contribution >= 0.6 is 11.3 Å². The number of nitrogens with zero attached hydrogens (tertiary/aromatic N) is 2. The number of alkyl carbamates (subject to hydrolysis) is 1. The summed E-state index contributed by atoms with van der Waals surface area (Å²) in [5.74, 6) is 0.102. The highest BCUT2D eigenvalue weighted by Crippen LogP contribution is 2.20. The number of rotatable bonds is 8. The molecule has 33 heavy (non-hydrogen) atoms. The van der Waals surface area contributed by atoms with Crippen molar-refractivity contribution >= 4 is 34.3 Å². The van der Waals surface area contributed by atoms with Crippen molar-refractivity contribution in [2.24, 2.45) is 5.92 Å². The number of aryl methyl sites for hydroxylation is 1. The van der Waals surface area contributed by atoms with Gasteiger partial charge in [-0.05, 0) is 57.4 Å². The van der Waals surface area contributed by atoms with Gasteiger partial charge >= 0.3 is 6.09 Å². The van der Waals surface area contributed by atoms with Gasteiger partial charge in [0.1, 0.15) is 17.2 Å². The molecule has 0 unspecified atom stereocenters. The van der Waals surface area contributed by atoms with Gasteiger partial charge in [0.2, 0.25) is 5.91 Å². The summed E-state index contributed by atoms with van der Waals surface area (Å²) in [5.41, 5.74) is 1.89. The molecular weight excluding hydrogens is 438 g/mol. The first-order valence-corrected chi connectivity index (χ1v) is 12.0. The minimum atomic E-state index is -0.775. The predicted molar refractivity (Wildman–Crippen MR) is 130 cm³/mol. The Hall–Kier alpha value is -2.87. The van der Waals surface area contributed by atoms with Gasteiger partial charge in [0.25, 0.3) is 0 Å². The summed E-state index contributed by atoms with van der Waals surface area (Å²) in [6, 6.07) is 6.88. The molecule has 8 heteroatoms. The van der Waals surface area contributed by atoms with E-state index in [-0.39, 0.29) is 11.8 Å². The molecule has 0 bridgehead atoms. The van der Waals surface area contributed by atoms with Crippen LogP contribution in [0.2, 0.25) is 0 Å². The van der Waals surface area contributed by atoms with Gasteiger partial charge in [0.15, 0.2) is 0 Å². The van der Waals surface area contributed by atoms with E-state index >= 15 is 0 Å². The molecule has 1 atom stereocenters. The summed E-state index contributed by atoms with van der Waals surface area (Å²) >= 11 is 1.56. The van der Waals surface area contributed by atoms with Crippen LogP contribution in [0.3, 0.4) is 0 Å². The summed E-state index contributed by atoms with van der Waals surface area (Å²) in [6.45, 7) is 12.4. The number of aromatic nitrogens is 1. The van der Waals surface area contributed by atoms with Gasteiger partial charge in [-0.2, -0.15) is 0 Å². The average Bonchev–Trinajstić information content (AvgIpc) is 3.32. The van der Waals surface area contributed by atoms with Gasteiger partial charge in [-0.15, -0.1) is 11.3 Å². The molecular formula is C25H33N3O4S. The number of thiazole rings is 1. The maximum Gasteiger partial charge on any atom is 0.408 e. The van der Waals surface area contributed by atoms with E-state index in [9.17, 15) is 9.59 Å². The lowest BCUT2D eigenvalue weighted by molar-refractivity contribution is -0.134. The lowest BCUT2D eigenvalue weighted by Crippen LogP contribution is -2.51. The van der Waals surface area contributed by atoms with E-state index in [1.165, 1.54) is 0 Å². The highest BCUT2D eigenvalue weighted by atomic mass is 32.1. The average molecular weight is 472 g/mol. The highest BCUT2D eigenvalue weighted by Gasteiger charge is 2.29. The zero-order valence-electron chi connectivity index (χ0n) is 20.2. The Labute approximate surface area is 199 Å². The lowest BCUT2D eigenvalue weighted by atomic mass is 10.0. The van der Waals surface area contributed by atoms with E-state index in [4.69, 9.17) is 9.15 Å². The van der Waals surface area contributed by atoms with Crippen molar-refractivity contribution in [2.45, 2.75) is 66.2 Å². The van der Waals surface area contributed by atoms with Crippen LogP contribution in [-0.4, -0.2) is 40.1 Å². The molecule has 0 saturated carbocycles. The van der Waals surface area contributed by atoms with E-state index < -0.39 is 17.7 Å². The summed E-state index contributed by atoms with van der Waals surface area (Å²) in [7, 11) is 0. The van der Waals surface area contributed by atoms with E-state index in [1.807, 2.05) is 36.6 Å². The van der Waals surface area contributed by atoms with Gasteiger partial charge in [0, 0.05) is 23.7 Å². The monoisotopic (exact) mass is 471 g/mol. The smallest absolute Gasteiger partial charge is 0.408 e. The topological polar surface area (TPSA) is 84.7 Å². The number of carbonyl (C=O) groups excluding carboxylic acids is 2. The molecule has 3 aromatic rings. The maximum atomic E-state index is 13.7. The van der Waals surface area contributed by atoms with Crippen molar-refractivity contribution in [1.82, 2.24) is 15.2 Å². The molecule has 1 aromatic carbocycles. The zero-order valence-corrected chi connectivity index (χ0v) is 21.0. The minimum absolute atomic E-state index is 0.160. The number of hydrogen-bond donors (Lipinski definition) is 1. The SMILES string of the molecule is Cc1nc(CN(CC(C)C)C(=O)[C@@H](Cc2ccc3occc3c2)NC(=O)OC(C)(C)C)cs1. The quantitative estimate of drug-likeness (QED) is 0.481. The van der Waals surface area contributed by atoms with E-state index in [0.29, 0.717) is 19.5 Å². The van der Waals surface area contributed by atoms with Crippen LogP contribution in [0, 0.1) is 12.8 Å². The van der Waals surface area contributed by atoms with Crippen LogP contribution in [0.15, 0.2) is 40.3 Å². The van der Waals surface area contributed by atoms with Gasteiger partial charge in [-0.25, -0.2) is 9.78 Å². The van der Waals surface area contributed by atoms with Crippen LogP contribution in [0.25, 0.3) is 11.0 Å². The number of nitrogens with one attached hydrogen (secondary N) is 1. The number of fused-ring (bicyclic) bond motifs is 1. The fourth-order valence-electron chi connectivity index (χ4n) is 3.60. The van der Waals surface area contributed by atoms with E-state index in [1.54, 1.807) is 43.3 Å².